The van der Waals surface area contributed by atoms with Crippen LogP contribution in [0.1, 0.15) is 0 Å². The van der Waals surface area contributed by atoms with E-state index in [2.05, 4.69) is 10.6 Å². The first-order valence-electron chi connectivity index (χ1n) is 6.28. The molecule has 0 atom stereocenters. The molecule has 0 unspecified atom stereocenters. The van der Waals surface area contributed by atoms with Gasteiger partial charge in [0, 0.05) is 10.6 Å². The molecule has 2 N–H and O–H groups in total. The molecule has 0 aliphatic heterocycles. The first-order valence-corrected chi connectivity index (χ1v) is 7.64. The summed E-state index contributed by atoms with van der Waals surface area (Å²) in [6, 6.07) is 12.3. The summed E-state index contributed by atoms with van der Waals surface area (Å²) < 4.78 is 13.0. The lowest BCUT2D eigenvalue weighted by molar-refractivity contribution is -0.117. The molecule has 0 spiro atoms. The Bertz CT molecular complexity index is 682. The number of amides is 3. The lowest BCUT2D eigenvalue weighted by Gasteiger charge is -2.06. The lowest BCUT2D eigenvalue weighted by Crippen LogP contribution is -2.35. The van der Waals surface area contributed by atoms with E-state index in [1.54, 1.807) is 24.3 Å². The summed E-state index contributed by atoms with van der Waals surface area (Å²) in [5.41, 5.74) is 0.589. The van der Waals surface area contributed by atoms with Crippen LogP contribution in [-0.2, 0) is 4.79 Å². The van der Waals surface area contributed by atoms with E-state index in [0.29, 0.717) is 10.6 Å². The molecule has 114 valence electrons. The van der Waals surface area contributed by atoms with Crippen molar-refractivity contribution in [1.29, 1.82) is 0 Å². The van der Waals surface area contributed by atoms with Crippen molar-refractivity contribution in [2.24, 2.45) is 0 Å². The van der Waals surface area contributed by atoms with E-state index in [1.165, 1.54) is 18.2 Å². The lowest BCUT2D eigenvalue weighted by atomic mass is 10.3. The minimum absolute atomic E-state index is 0.00720. The van der Waals surface area contributed by atoms with Gasteiger partial charge in [-0.3, -0.25) is 10.1 Å². The maximum Gasteiger partial charge on any atom is 0.325 e. The first-order chi connectivity index (χ1) is 10.5. The highest BCUT2D eigenvalue weighted by Gasteiger charge is 2.09. The molecule has 2 aromatic rings. The molecule has 7 heteroatoms. The second-order valence-corrected chi connectivity index (χ2v) is 5.69. The number of rotatable bonds is 4. The zero-order chi connectivity index (χ0) is 15.9. The van der Waals surface area contributed by atoms with Gasteiger partial charge in [0.25, 0.3) is 0 Å². The summed E-state index contributed by atoms with van der Waals surface area (Å²) in [5, 5.41) is 4.74. The maximum absolute atomic E-state index is 13.0. The van der Waals surface area contributed by atoms with Crippen LogP contribution in [0.3, 0.4) is 0 Å². The highest BCUT2D eigenvalue weighted by molar-refractivity contribution is 8.00. The predicted molar refractivity (Wildman–Crippen MR) is 85.7 cm³/mol. The average Bonchev–Trinajstić information content (AvgIpc) is 2.49. The molecular weight excluding hydrogens is 327 g/mol. The summed E-state index contributed by atoms with van der Waals surface area (Å²) >= 11 is 6.81. The van der Waals surface area contributed by atoms with Gasteiger partial charge < -0.3 is 5.32 Å². The number of imide groups is 1. The molecule has 4 nitrogen and oxygen atoms in total. The van der Waals surface area contributed by atoms with Gasteiger partial charge in [0.2, 0.25) is 5.91 Å². The molecule has 22 heavy (non-hydrogen) atoms. The summed E-state index contributed by atoms with van der Waals surface area (Å²) in [5.74, 6) is -0.957. The third-order valence-electron chi connectivity index (χ3n) is 2.55. The molecule has 2 rings (SSSR count). The molecule has 0 fully saturated rings. The Morgan fingerprint density at radius 2 is 1.86 bits per heavy atom. The Kier molecular flexibility index (Phi) is 5.80. The fourth-order valence-corrected chi connectivity index (χ4v) is 2.54. The molecule has 3 amide bonds. The topological polar surface area (TPSA) is 58.2 Å². The predicted octanol–water partition coefficient (Wildman–Crippen LogP) is 3.92. The number of carbonyl (C=O) groups excluding carboxylic acids is 2. The Morgan fingerprint density at radius 3 is 2.55 bits per heavy atom. The summed E-state index contributed by atoms with van der Waals surface area (Å²) in [4.78, 5) is 23.9. The van der Waals surface area contributed by atoms with Gasteiger partial charge in [0.1, 0.15) is 5.82 Å². The highest BCUT2D eigenvalue weighted by Crippen LogP contribution is 2.23. The Morgan fingerprint density at radius 1 is 1.14 bits per heavy atom. The fourth-order valence-electron chi connectivity index (χ4n) is 1.56. The van der Waals surface area contributed by atoms with Crippen LogP contribution in [-0.4, -0.2) is 17.7 Å². The van der Waals surface area contributed by atoms with Crippen molar-refractivity contribution in [2.45, 2.75) is 4.90 Å². The molecule has 0 bridgehead atoms. The van der Waals surface area contributed by atoms with Crippen molar-refractivity contribution >= 4 is 41.0 Å². The van der Waals surface area contributed by atoms with Crippen LogP contribution in [0.15, 0.2) is 53.4 Å². The van der Waals surface area contributed by atoms with Crippen LogP contribution in [0.5, 0.6) is 0 Å². The number of hydrogen-bond acceptors (Lipinski definition) is 3. The molecule has 0 radical (unpaired) electrons. The third-order valence-corrected chi connectivity index (χ3v) is 3.83. The van der Waals surface area contributed by atoms with Crippen LogP contribution < -0.4 is 10.6 Å². The number of halogens is 2. The normalized spacial score (nSPS) is 10.1. The fraction of sp³-hybridized carbons (Fsp3) is 0.0667. The maximum atomic E-state index is 13.0. The van der Waals surface area contributed by atoms with Gasteiger partial charge >= 0.3 is 6.03 Å². The average molecular weight is 339 g/mol. The van der Waals surface area contributed by atoms with Crippen LogP contribution >= 0.6 is 23.4 Å². The summed E-state index contributed by atoms with van der Waals surface area (Å²) in [7, 11) is 0. The first kappa shape index (κ1) is 16.3. The van der Waals surface area contributed by atoms with Crippen molar-refractivity contribution < 1.29 is 14.0 Å². The van der Waals surface area contributed by atoms with Crippen molar-refractivity contribution in [2.75, 3.05) is 11.1 Å². The number of anilines is 1. The second kappa shape index (κ2) is 7.82. The van der Waals surface area contributed by atoms with Gasteiger partial charge in [-0.25, -0.2) is 9.18 Å². The Labute approximate surface area is 136 Å². The molecule has 0 heterocycles. The molecule has 0 aliphatic rings. The van der Waals surface area contributed by atoms with Crippen molar-refractivity contribution in [3.05, 3.63) is 59.4 Å². The van der Waals surface area contributed by atoms with Crippen LogP contribution in [0.25, 0.3) is 0 Å². The Balaban J connectivity index is 1.80. The van der Waals surface area contributed by atoms with Crippen LogP contribution in [0.4, 0.5) is 14.9 Å². The highest BCUT2D eigenvalue weighted by atomic mass is 35.5. The zero-order valence-electron chi connectivity index (χ0n) is 11.3. The van der Waals surface area contributed by atoms with E-state index in [4.69, 9.17) is 11.6 Å². The molecule has 0 saturated carbocycles. The molecular formula is C15H12ClFN2O2S. The molecule has 0 saturated heterocycles. The smallest absolute Gasteiger partial charge is 0.308 e. The largest absolute Gasteiger partial charge is 0.325 e. The van der Waals surface area contributed by atoms with E-state index in [-0.39, 0.29) is 10.8 Å². The number of nitrogens with one attached hydrogen (secondary N) is 2. The van der Waals surface area contributed by atoms with E-state index < -0.39 is 17.8 Å². The monoisotopic (exact) mass is 338 g/mol. The van der Waals surface area contributed by atoms with Crippen molar-refractivity contribution in [3.8, 4) is 0 Å². The SMILES string of the molecule is O=C(CSc1ccc(F)c(Cl)c1)NC(=O)Nc1ccccc1. The number of para-hydroxylation sites is 1. The van der Waals surface area contributed by atoms with Crippen LogP contribution in [0, 0.1) is 5.82 Å². The minimum atomic E-state index is -0.603. The van der Waals surface area contributed by atoms with E-state index in [1.807, 2.05) is 6.07 Å². The zero-order valence-corrected chi connectivity index (χ0v) is 12.9. The van der Waals surface area contributed by atoms with Gasteiger partial charge in [0.05, 0.1) is 10.8 Å². The van der Waals surface area contributed by atoms with Gasteiger partial charge in [-0.05, 0) is 30.3 Å². The molecule has 2 aromatic carbocycles. The van der Waals surface area contributed by atoms with Gasteiger partial charge in [-0.15, -0.1) is 11.8 Å². The van der Waals surface area contributed by atoms with E-state index in [0.717, 1.165) is 11.8 Å². The van der Waals surface area contributed by atoms with E-state index in [9.17, 15) is 14.0 Å². The van der Waals surface area contributed by atoms with Gasteiger partial charge in [-0.1, -0.05) is 29.8 Å². The number of urea groups is 1. The third kappa shape index (κ3) is 5.05. The summed E-state index contributed by atoms with van der Waals surface area (Å²) in [6.45, 7) is 0. The van der Waals surface area contributed by atoms with Crippen molar-refractivity contribution in [1.82, 2.24) is 5.32 Å². The minimum Gasteiger partial charge on any atom is -0.308 e. The van der Waals surface area contributed by atoms with Gasteiger partial charge in [-0.2, -0.15) is 0 Å². The van der Waals surface area contributed by atoms with Crippen molar-refractivity contribution in [3.63, 3.8) is 0 Å². The number of thioether (sulfide) groups is 1. The Hall–Kier alpha value is -2.05. The van der Waals surface area contributed by atoms with E-state index >= 15 is 0 Å². The standard InChI is InChI=1S/C15H12ClFN2O2S/c16-12-8-11(6-7-13(12)17)22-9-14(20)19-15(21)18-10-4-2-1-3-5-10/h1-8H,9H2,(H2,18,19,20,21). The summed E-state index contributed by atoms with van der Waals surface area (Å²) in [6.07, 6.45) is 0. The quantitative estimate of drug-likeness (QED) is 0.831. The molecule has 0 aliphatic carbocycles. The van der Waals surface area contributed by atoms with Gasteiger partial charge in [0.15, 0.2) is 0 Å². The number of hydrogen-bond donors (Lipinski definition) is 2. The molecule has 0 aromatic heterocycles. The number of carbonyl (C=O) groups is 2. The number of benzene rings is 2. The second-order valence-electron chi connectivity index (χ2n) is 4.23. The van der Waals surface area contributed by atoms with Crippen LogP contribution in [0.2, 0.25) is 5.02 Å².